The van der Waals surface area contributed by atoms with Crippen LogP contribution in [0.3, 0.4) is 0 Å². The van der Waals surface area contributed by atoms with Crippen LogP contribution in [0.2, 0.25) is 0 Å². The number of benzene rings is 1. The van der Waals surface area contributed by atoms with Crippen LogP contribution in [0.1, 0.15) is 15.9 Å². The summed E-state index contributed by atoms with van der Waals surface area (Å²) in [6.07, 6.45) is 6.25. The third-order valence-electron chi connectivity index (χ3n) is 4.10. The van der Waals surface area contributed by atoms with Crippen LogP contribution in [0.5, 0.6) is 0 Å². The summed E-state index contributed by atoms with van der Waals surface area (Å²) in [5.41, 5.74) is 1.95. The molecular weight excluding hydrogens is 378 g/mol. The zero-order valence-electron chi connectivity index (χ0n) is 14.8. The van der Waals surface area contributed by atoms with E-state index in [2.05, 4.69) is 35.5 Å². The van der Waals surface area contributed by atoms with Crippen molar-refractivity contribution in [2.24, 2.45) is 0 Å². The number of amides is 1. The quantitative estimate of drug-likeness (QED) is 0.373. The molecule has 4 aromatic rings. The van der Waals surface area contributed by atoms with Crippen LogP contribution < -0.4 is 10.6 Å². The minimum absolute atomic E-state index is 0.0108. The van der Waals surface area contributed by atoms with E-state index >= 15 is 0 Å². The van der Waals surface area contributed by atoms with Crippen LogP contribution in [0.25, 0.3) is 11.0 Å². The average molecular weight is 391 g/mol. The summed E-state index contributed by atoms with van der Waals surface area (Å²) in [5, 5.41) is 24.3. The molecule has 0 bridgehead atoms. The third-order valence-corrected chi connectivity index (χ3v) is 4.10. The molecule has 0 unspecified atom stereocenters. The molecule has 0 spiro atoms. The van der Waals surface area contributed by atoms with Gasteiger partial charge in [-0.1, -0.05) is 6.07 Å². The number of non-ortho nitro benzene ring substituents is 1. The standard InChI is InChI=1S/C18H13N7O4/c26-18(21-9-11-2-1-6-19-8-11)12-10-20-7-5-13(12)22-14-3-4-15(25(27)28)17-16(14)23-29-24-17/h1-8,10H,9H2,(H,20,22)(H,21,26). The van der Waals surface area contributed by atoms with E-state index in [4.69, 9.17) is 0 Å². The molecule has 0 radical (unpaired) electrons. The van der Waals surface area contributed by atoms with Crippen LogP contribution in [-0.2, 0) is 6.54 Å². The molecule has 1 amide bonds. The molecule has 2 N–H and O–H groups in total. The SMILES string of the molecule is O=C(NCc1cccnc1)c1cnccc1Nc1ccc([N+](=O)[O-])c2nonc12. The Balaban J connectivity index is 1.60. The second-order valence-electron chi connectivity index (χ2n) is 5.94. The maximum Gasteiger partial charge on any atom is 0.300 e. The van der Waals surface area contributed by atoms with Crippen molar-refractivity contribution in [2.75, 3.05) is 5.32 Å². The average Bonchev–Trinajstić information content (AvgIpc) is 3.23. The number of anilines is 2. The summed E-state index contributed by atoms with van der Waals surface area (Å²) in [5.74, 6) is -0.346. The number of carbonyl (C=O) groups excluding carboxylic acids is 1. The van der Waals surface area contributed by atoms with Crippen LogP contribution in [0.15, 0.2) is 59.7 Å². The minimum Gasteiger partial charge on any atom is -0.353 e. The van der Waals surface area contributed by atoms with Gasteiger partial charge in [0, 0.05) is 37.4 Å². The highest BCUT2D eigenvalue weighted by Crippen LogP contribution is 2.31. The van der Waals surface area contributed by atoms with E-state index in [0.29, 0.717) is 23.5 Å². The molecule has 0 fully saturated rings. The Labute approximate surface area is 162 Å². The lowest BCUT2D eigenvalue weighted by molar-refractivity contribution is -0.383. The summed E-state index contributed by atoms with van der Waals surface area (Å²) in [6.45, 7) is 0.302. The van der Waals surface area contributed by atoms with Gasteiger partial charge >= 0.3 is 5.69 Å². The van der Waals surface area contributed by atoms with Crippen molar-refractivity contribution in [3.05, 3.63) is 76.4 Å². The second-order valence-corrected chi connectivity index (χ2v) is 5.94. The topological polar surface area (TPSA) is 149 Å². The maximum atomic E-state index is 12.6. The Bertz CT molecular complexity index is 1190. The number of fused-ring (bicyclic) bond motifs is 1. The lowest BCUT2D eigenvalue weighted by Gasteiger charge is -2.12. The number of aromatic nitrogens is 4. The molecule has 0 aliphatic carbocycles. The van der Waals surface area contributed by atoms with Gasteiger partial charge in [-0.3, -0.25) is 24.9 Å². The number of hydrogen-bond donors (Lipinski definition) is 2. The number of nitrogens with one attached hydrogen (secondary N) is 2. The first-order valence-corrected chi connectivity index (χ1v) is 8.41. The van der Waals surface area contributed by atoms with E-state index < -0.39 is 4.92 Å². The van der Waals surface area contributed by atoms with Crippen molar-refractivity contribution in [3.63, 3.8) is 0 Å². The molecule has 29 heavy (non-hydrogen) atoms. The van der Waals surface area contributed by atoms with E-state index in [9.17, 15) is 14.9 Å². The van der Waals surface area contributed by atoms with Gasteiger partial charge in [-0.15, -0.1) is 0 Å². The number of hydrogen-bond acceptors (Lipinski definition) is 9. The van der Waals surface area contributed by atoms with Gasteiger partial charge in [0.15, 0.2) is 5.52 Å². The molecule has 11 heteroatoms. The molecule has 0 saturated carbocycles. The summed E-state index contributed by atoms with van der Waals surface area (Å²) in [6, 6.07) is 8.01. The molecular formula is C18H13N7O4. The van der Waals surface area contributed by atoms with Gasteiger partial charge in [-0.05, 0) is 34.1 Å². The van der Waals surface area contributed by atoms with E-state index in [-0.39, 0.29) is 22.6 Å². The van der Waals surface area contributed by atoms with Crippen molar-refractivity contribution < 1.29 is 14.3 Å². The van der Waals surface area contributed by atoms with Crippen LogP contribution in [0.4, 0.5) is 17.1 Å². The van der Waals surface area contributed by atoms with Gasteiger partial charge in [-0.2, -0.15) is 0 Å². The Kier molecular flexibility index (Phi) is 4.76. The van der Waals surface area contributed by atoms with E-state index in [1.165, 1.54) is 24.5 Å². The number of rotatable bonds is 6. The number of carbonyl (C=O) groups is 1. The Morgan fingerprint density at radius 3 is 2.66 bits per heavy atom. The van der Waals surface area contributed by atoms with Gasteiger partial charge in [-0.25, -0.2) is 4.63 Å². The fraction of sp³-hybridized carbons (Fsp3) is 0.0556. The monoisotopic (exact) mass is 391 g/mol. The van der Waals surface area contributed by atoms with Crippen molar-refractivity contribution in [2.45, 2.75) is 6.54 Å². The third kappa shape index (κ3) is 3.69. The molecule has 0 aliphatic heterocycles. The van der Waals surface area contributed by atoms with Crippen molar-refractivity contribution in [1.29, 1.82) is 0 Å². The second kappa shape index (κ2) is 7.68. The lowest BCUT2D eigenvalue weighted by Crippen LogP contribution is -2.23. The normalized spacial score (nSPS) is 10.6. The first-order valence-electron chi connectivity index (χ1n) is 8.41. The van der Waals surface area contributed by atoms with E-state index in [1.54, 1.807) is 24.5 Å². The highest BCUT2D eigenvalue weighted by atomic mass is 16.6. The highest BCUT2D eigenvalue weighted by Gasteiger charge is 2.20. The first kappa shape index (κ1) is 18.0. The number of nitro benzene ring substituents is 1. The minimum atomic E-state index is -0.569. The van der Waals surface area contributed by atoms with Gasteiger partial charge in [0.25, 0.3) is 5.91 Å². The van der Waals surface area contributed by atoms with Crippen LogP contribution in [0, 0.1) is 10.1 Å². The van der Waals surface area contributed by atoms with Gasteiger partial charge < -0.3 is 10.6 Å². The highest BCUT2D eigenvalue weighted by molar-refractivity contribution is 6.02. The predicted octanol–water partition coefficient (Wildman–Crippen LogP) is 2.59. The first-order chi connectivity index (χ1) is 14.1. The number of nitrogens with zero attached hydrogens (tertiary/aromatic N) is 5. The number of nitro groups is 1. The van der Waals surface area contributed by atoms with Gasteiger partial charge in [0.05, 0.1) is 21.9 Å². The van der Waals surface area contributed by atoms with Crippen LogP contribution in [-0.4, -0.2) is 31.1 Å². The fourth-order valence-electron chi connectivity index (χ4n) is 2.71. The van der Waals surface area contributed by atoms with Crippen molar-refractivity contribution in [3.8, 4) is 0 Å². The summed E-state index contributed by atoms with van der Waals surface area (Å²) in [7, 11) is 0. The van der Waals surface area contributed by atoms with Crippen LogP contribution >= 0.6 is 0 Å². The molecule has 3 heterocycles. The molecule has 3 aromatic heterocycles. The van der Waals surface area contributed by atoms with E-state index in [1.807, 2.05) is 6.07 Å². The van der Waals surface area contributed by atoms with Crippen molar-refractivity contribution >= 4 is 34.0 Å². The summed E-state index contributed by atoms with van der Waals surface area (Å²) < 4.78 is 4.66. The molecule has 4 rings (SSSR count). The fourth-order valence-corrected chi connectivity index (χ4v) is 2.71. The zero-order chi connectivity index (χ0) is 20.2. The van der Waals surface area contributed by atoms with Gasteiger partial charge in [0.1, 0.15) is 0 Å². The van der Waals surface area contributed by atoms with E-state index in [0.717, 1.165) is 5.56 Å². The lowest BCUT2D eigenvalue weighted by atomic mass is 10.2. The zero-order valence-corrected chi connectivity index (χ0v) is 14.8. The molecule has 0 atom stereocenters. The number of pyridine rings is 2. The predicted molar refractivity (Wildman–Crippen MR) is 101 cm³/mol. The Morgan fingerprint density at radius 2 is 1.86 bits per heavy atom. The van der Waals surface area contributed by atoms with Gasteiger partial charge in [0.2, 0.25) is 5.52 Å². The molecule has 11 nitrogen and oxygen atoms in total. The molecule has 0 aliphatic rings. The van der Waals surface area contributed by atoms with Crippen molar-refractivity contribution in [1.82, 2.24) is 25.6 Å². The molecule has 1 aromatic carbocycles. The molecule has 144 valence electrons. The molecule has 0 saturated heterocycles. The summed E-state index contributed by atoms with van der Waals surface area (Å²) in [4.78, 5) is 31.2. The Morgan fingerprint density at radius 1 is 1.03 bits per heavy atom. The summed E-state index contributed by atoms with van der Waals surface area (Å²) >= 11 is 0. The smallest absolute Gasteiger partial charge is 0.300 e. The largest absolute Gasteiger partial charge is 0.353 e. The Hall–Kier alpha value is -4.41. The maximum absolute atomic E-state index is 12.6.